The topological polar surface area (TPSA) is 75.6 Å². The molecule has 0 saturated carbocycles. The summed E-state index contributed by atoms with van der Waals surface area (Å²) in [5.74, 6) is -0.715. The zero-order chi connectivity index (χ0) is 16.9. The summed E-state index contributed by atoms with van der Waals surface area (Å²) < 4.78 is 45.4. The van der Waals surface area contributed by atoms with E-state index >= 15 is 0 Å². The average Bonchev–Trinajstić information content (AvgIpc) is 3.03. The number of rotatable bonds is 8. The number of aliphatic hydroxyl groups excluding tert-OH is 1. The van der Waals surface area contributed by atoms with E-state index in [-0.39, 0.29) is 23.6 Å². The Hall–Kier alpha value is -1.48. The second-order valence-corrected chi connectivity index (χ2v) is 7.49. The number of hydrogen-bond acceptors (Lipinski definition) is 5. The van der Waals surface area contributed by atoms with Crippen LogP contribution in [0.1, 0.15) is 24.3 Å². The van der Waals surface area contributed by atoms with Gasteiger partial charge in [-0.1, -0.05) is 6.07 Å². The minimum atomic E-state index is -3.83. The lowest BCUT2D eigenvalue weighted by Gasteiger charge is -2.11. The zero-order valence-corrected chi connectivity index (χ0v) is 14.2. The quantitative estimate of drug-likeness (QED) is 0.760. The van der Waals surface area contributed by atoms with Gasteiger partial charge in [-0.3, -0.25) is 0 Å². The maximum atomic E-state index is 13.7. The highest BCUT2D eigenvalue weighted by Gasteiger charge is 2.17. The molecule has 8 heteroatoms. The Morgan fingerprint density at radius 2 is 2.17 bits per heavy atom. The number of nitrogens with one attached hydrogen (secondary N) is 1. The normalized spacial score (nSPS) is 13.0. The molecule has 0 aliphatic rings. The molecule has 0 aliphatic carbocycles. The van der Waals surface area contributed by atoms with Gasteiger partial charge in [-0.2, -0.15) is 0 Å². The van der Waals surface area contributed by atoms with Crippen LogP contribution in [0, 0.1) is 5.82 Å². The number of aliphatic hydroxyl groups is 1. The lowest BCUT2D eigenvalue weighted by atomic mass is 10.2. The first-order valence-corrected chi connectivity index (χ1v) is 9.44. The van der Waals surface area contributed by atoms with Gasteiger partial charge in [-0.15, -0.1) is 11.3 Å². The lowest BCUT2D eigenvalue weighted by Crippen LogP contribution is -2.26. The van der Waals surface area contributed by atoms with Crippen molar-refractivity contribution in [3.8, 4) is 5.75 Å². The summed E-state index contributed by atoms with van der Waals surface area (Å²) in [4.78, 5) is 0.598. The minimum Gasteiger partial charge on any atom is -0.491 e. The largest absolute Gasteiger partial charge is 0.491 e. The fourth-order valence-electron chi connectivity index (χ4n) is 1.96. The van der Waals surface area contributed by atoms with Crippen molar-refractivity contribution >= 4 is 21.4 Å². The van der Waals surface area contributed by atoms with Crippen molar-refractivity contribution in [2.24, 2.45) is 0 Å². The molecule has 1 aromatic carbocycles. The van der Waals surface area contributed by atoms with Gasteiger partial charge < -0.3 is 9.84 Å². The average molecular weight is 359 g/mol. The third kappa shape index (κ3) is 4.74. The van der Waals surface area contributed by atoms with Gasteiger partial charge >= 0.3 is 0 Å². The highest BCUT2D eigenvalue weighted by atomic mass is 32.2. The fraction of sp³-hybridized carbons (Fsp3) is 0.333. The van der Waals surface area contributed by atoms with Crippen LogP contribution in [0.5, 0.6) is 5.75 Å². The van der Waals surface area contributed by atoms with E-state index in [0.717, 1.165) is 10.9 Å². The third-order valence-electron chi connectivity index (χ3n) is 3.09. The molecule has 0 spiro atoms. The van der Waals surface area contributed by atoms with Gasteiger partial charge in [0.25, 0.3) is 0 Å². The molecular formula is C15H18FNO4S2. The van der Waals surface area contributed by atoms with Crippen LogP contribution in [0.15, 0.2) is 40.6 Å². The summed E-state index contributed by atoms with van der Waals surface area (Å²) in [6.45, 7) is 2.06. The van der Waals surface area contributed by atoms with E-state index in [2.05, 4.69) is 4.72 Å². The Bertz CT molecular complexity index is 732. The Balaban J connectivity index is 1.97. The number of ether oxygens (including phenoxy) is 1. The molecule has 0 radical (unpaired) electrons. The number of thiophene rings is 1. The number of hydrogen-bond donors (Lipinski definition) is 2. The van der Waals surface area contributed by atoms with Crippen molar-refractivity contribution in [2.75, 3.05) is 13.2 Å². The van der Waals surface area contributed by atoms with Crippen molar-refractivity contribution in [2.45, 2.75) is 24.3 Å². The second kappa shape index (κ2) is 7.87. The van der Waals surface area contributed by atoms with Crippen LogP contribution in [-0.4, -0.2) is 26.7 Å². The Morgan fingerprint density at radius 3 is 2.78 bits per heavy atom. The molecule has 2 aromatic rings. The molecule has 1 heterocycles. The SMILES string of the molecule is CCOc1ccc(S(=O)(=O)NCCC(O)c2cccs2)cc1F. The van der Waals surface area contributed by atoms with E-state index in [1.807, 2.05) is 11.4 Å². The van der Waals surface area contributed by atoms with Crippen molar-refractivity contribution < 1.29 is 22.7 Å². The van der Waals surface area contributed by atoms with Gasteiger partial charge in [0.2, 0.25) is 10.0 Å². The number of sulfonamides is 1. The van der Waals surface area contributed by atoms with Gasteiger partial charge in [0.15, 0.2) is 11.6 Å². The Kier molecular flexibility index (Phi) is 6.11. The van der Waals surface area contributed by atoms with Gasteiger partial charge in [-0.05, 0) is 43.0 Å². The molecule has 126 valence electrons. The van der Waals surface area contributed by atoms with Gasteiger partial charge in [0.1, 0.15) is 0 Å². The zero-order valence-electron chi connectivity index (χ0n) is 12.5. The standard InChI is InChI=1S/C15H18FNO4S2/c1-2-21-14-6-5-11(10-12(14)16)23(19,20)17-8-7-13(18)15-4-3-9-22-15/h3-6,9-10,13,17-18H,2,7-8H2,1H3. The third-order valence-corrected chi connectivity index (χ3v) is 5.53. The summed E-state index contributed by atoms with van der Waals surface area (Å²) in [5.41, 5.74) is 0. The van der Waals surface area contributed by atoms with E-state index in [4.69, 9.17) is 4.74 Å². The first kappa shape index (κ1) is 17.9. The first-order chi connectivity index (χ1) is 10.9. The van der Waals surface area contributed by atoms with Crippen LogP contribution < -0.4 is 9.46 Å². The molecule has 2 N–H and O–H groups in total. The monoisotopic (exact) mass is 359 g/mol. The highest BCUT2D eigenvalue weighted by molar-refractivity contribution is 7.89. The summed E-state index contributed by atoms with van der Waals surface area (Å²) in [6.07, 6.45) is -0.492. The van der Waals surface area contributed by atoms with Crippen LogP contribution in [0.25, 0.3) is 0 Å². The van der Waals surface area contributed by atoms with Crippen LogP contribution in [0.3, 0.4) is 0 Å². The molecule has 0 bridgehead atoms. The molecule has 23 heavy (non-hydrogen) atoms. The van der Waals surface area contributed by atoms with Crippen molar-refractivity contribution in [1.82, 2.24) is 4.72 Å². The van der Waals surface area contributed by atoms with Gasteiger partial charge in [-0.25, -0.2) is 17.5 Å². The van der Waals surface area contributed by atoms with Crippen LogP contribution in [-0.2, 0) is 10.0 Å². The van der Waals surface area contributed by atoms with E-state index in [9.17, 15) is 17.9 Å². The van der Waals surface area contributed by atoms with Crippen molar-refractivity contribution in [1.29, 1.82) is 0 Å². The molecular weight excluding hydrogens is 341 g/mol. The van der Waals surface area contributed by atoms with Crippen LogP contribution in [0.4, 0.5) is 4.39 Å². The predicted molar refractivity (Wildman–Crippen MR) is 86.7 cm³/mol. The van der Waals surface area contributed by atoms with Crippen LogP contribution >= 0.6 is 11.3 Å². The molecule has 0 fully saturated rings. The van der Waals surface area contributed by atoms with Gasteiger partial charge in [0.05, 0.1) is 17.6 Å². The molecule has 0 saturated heterocycles. The van der Waals surface area contributed by atoms with Crippen molar-refractivity contribution in [3.63, 3.8) is 0 Å². The Labute approximate surface area is 138 Å². The van der Waals surface area contributed by atoms with Crippen LogP contribution in [0.2, 0.25) is 0 Å². The number of halogens is 1. The maximum absolute atomic E-state index is 13.7. The molecule has 0 amide bonds. The minimum absolute atomic E-state index is 0.0135. The molecule has 0 aliphatic heterocycles. The first-order valence-electron chi connectivity index (χ1n) is 7.07. The molecule has 5 nitrogen and oxygen atoms in total. The summed E-state index contributed by atoms with van der Waals surface area (Å²) in [6, 6.07) is 7.09. The Morgan fingerprint density at radius 1 is 1.39 bits per heavy atom. The maximum Gasteiger partial charge on any atom is 0.240 e. The van der Waals surface area contributed by atoms with Gasteiger partial charge in [0, 0.05) is 11.4 Å². The second-order valence-electron chi connectivity index (χ2n) is 4.74. The number of benzene rings is 1. The van der Waals surface area contributed by atoms with Crippen molar-refractivity contribution in [3.05, 3.63) is 46.4 Å². The smallest absolute Gasteiger partial charge is 0.240 e. The molecule has 1 atom stereocenters. The molecule has 1 unspecified atom stereocenters. The summed E-state index contributed by atoms with van der Waals surface area (Å²) in [5, 5.41) is 11.8. The predicted octanol–water partition coefficient (Wildman–Crippen LogP) is 2.69. The fourth-order valence-corrected chi connectivity index (χ4v) is 3.76. The molecule has 2 rings (SSSR count). The summed E-state index contributed by atoms with van der Waals surface area (Å²) >= 11 is 1.40. The lowest BCUT2D eigenvalue weighted by molar-refractivity contribution is 0.173. The van der Waals surface area contributed by atoms with E-state index in [1.54, 1.807) is 13.0 Å². The highest BCUT2D eigenvalue weighted by Crippen LogP contribution is 2.23. The van der Waals surface area contributed by atoms with E-state index < -0.39 is 21.9 Å². The molecule has 1 aromatic heterocycles. The van der Waals surface area contributed by atoms with E-state index in [1.165, 1.54) is 23.5 Å². The van der Waals surface area contributed by atoms with E-state index in [0.29, 0.717) is 6.61 Å². The summed E-state index contributed by atoms with van der Waals surface area (Å²) in [7, 11) is -3.83.